The lowest BCUT2D eigenvalue weighted by Crippen LogP contribution is -2.30. The third-order valence-corrected chi connectivity index (χ3v) is 2.47. The molecule has 0 aromatic heterocycles. The second-order valence-corrected chi connectivity index (χ2v) is 3.60. The standard InChI is InChI=1S/C10H17NO2/c1-4-10(12)11-6-9-5-7(2)13-8(9)3/h4,7-9H,1,5-6H2,2-3H3,(H,11,12). The van der Waals surface area contributed by atoms with E-state index in [2.05, 4.69) is 18.8 Å². The summed E-state index contributed by atoms with van der Waals surface area (Å²) in [5, 5.41) is 2.79. The van der Waals surface area contributed by atoms with Crippen LogP contribution >= 0.6 is 0 Å². The van der Waals surface area contributed by atoms with Gasteiger partial charge in [-0.3, -0.25) is 4.79 Å². The van der Waals surface area contributed by atoms with Crippen molar-refractivity contribution in [2.75, 3.05) is 6.54 Å². The van der Waals surface area contributed by atoms with E-state index in [1.54, 1.807) is 0 Å². The quantitative estimate of drug-likeness (QED) is 0.665. The highest BCUT2D eigenvalue weighted by atomic mass is 16.5. The van der Waals surface area contributed by atoms with Crippen LogP contribution in [0.4, 0.5) is 0 Å². The molecular weight excluding hydrogens is 166 g/mol. The third-order valence-electron chi connectivity index (χ3n) is 2.47. The van der Waals surface area contributed by atoms with Gasteiger partial charge in [-0.25, -0.2) is 0 Å². The van der Waals surface area contributed by atoms with E-state index in [0.717, 1.165) is 6.42 Å². The molecule has 0 aromatic rings. The maximum atomic E-state index is 10.9. The third kappa shape index (κ3) is 2.84. The van der Waals surface area contributed by atoms with Gasteiger partial charge < -0.3 is 10.1 Å². The molecule has 0 aliphatic carbocycles. The molecule has 3 nitrogen and oxygen atoms in total. The van der Waals surface area contributed by atoms with Crippen molar-refractivity contribution < 1.29 is 9.53 Å². The molecule has 0 bridgehead atoms. The van der Waals surface area contributed by atoms with Gasteiger partial charge in [0.2, 0.25) is 5.91 Å². The number of ether oxygens (including phenoxy) is 1. The van der Waals surface area contributed by atoms with Crippen LogP contribution in [-0.2, 0) is 9.53 Å². The molecule has 1 fully saturated rings. The van der Waals surface area contributed by atoms with Gasteiger partial charge >= 0.3 is 0 Å². The van der Waals surface area contributed by atoms with Gasteiger partial charge in [-0.05, 0) is 26.3 Å². The van der Waals surface area contributed by atoms with Crippen LogP contribution in [0.2, 0.25) is 0 Å². The number of carbonyl (C=O) groups is 1. The van der Waals surface area contributed by atoms with Crippen molar-refractivity contribution >= 4 is 5.91 Å². The predicted octanol–water partition coefficient (Wildman–Crippen LogP) is 1.10. The molecule has 74 valence electrons. The SMILES string of the molecule is C=CC(=O)NCC1CC(C)OC1C. The molecule has 3 heteroatoms. The zero-order chi connectivity index (χ0) is 9.84. The summed E-state index contributed by atoms with van der Waals surface area (Å²) < 4.78 is 5.56. The molecule has 0 saturated carbocycles. The molecule has 3 unspecified atom stereocenters. The zero-order valence-electron chi connectivity index (χ0n) is 8.25. The van der Waals surface area contributed by atoms with Crippen LogP contribution in [0.3, 0.4) is 0 Å². The van der Waals surface area contributed by atoms with Gasteiger partial charge in [0.15, 0.2) is 0 Å². The highest BCUT2D eigenvalue weighted by Crippen LogP contribution is 2.24. The number of rotatable bonds is 3. The lowest BCUT2D eigenvalue weighted by Gasteiger charge is -2.13. The monoisotopic (exact) mass is 183 g/mol. The molecule has 1 aliphatic rings. The van der Waals surface area contributed by atoms with Crippen LogP contribution < -0.4 is 5.32 Å². The lowest BCUT2D eigenvalue weighted by molar-refractivity contribution is -0.116. The zero-order valence-corrected chi connectivity index (χ0v) is 8.25. The number of carbonyl (C=O) groups excluding carboxylic acids is 1. The molecule has 0 spiro atoms. The number of hydrogen-bond donors (Lipinski definition) is 1. The molecule has 1 rings (SSSR count). The molecule has 13 heavy (non-hydrogen) atoms. The topological polar surface area (TPSA) is 38.3 Å². The van der Waals surface area contributed by atoms with Gasteiger partial charge in [0, 0.05) is 12.5 Å². The summed E-state index contributed by atoms with van der Waals surface area (Å²) in [5.74, 6) is 0.339. The first kappa shape index (κ1) is 10.3. The fourth-order valence-electron chi connectivity index (χ4n) is 1.70. The average molecular weight is 183 g/mol. The summed E-state index contributed by atoms with van der Waals surface area (Å²) in [6, 6.07) is 0. The van der Waals surface area contributed by atoms with Gasteiger partial charge in [0.1, 0.15) is 0 Å². The Labute approximate surface area is 79.2 Å². The Balaban J connectivity index is 2.29. The highest BCUT2D eigenvalue weighted by molar-refractivity contribution is 5.86. The van der Waals surface area contributed by atoms with Crippen LogP contribution in [0.5, 0.6) is 0 Å². The van der Waals surface area contributed by atoms with Crippen molar-refractivity contribution in [2.45, 2.75) is 32.5 Å². The van der Waals surface area contributed by atoms with E-state index in [4.69, 9.17) is 4.74 Å². The van der Waals surface area contributed by atoms with E-state index < -0.39 is 0 Å². The van der Waals surface area contributed by atoms with E-state index in [1.807, 2.05) is 6.92 Å². The van der Waals surface area contributed by atoms with Crippen molar-refractivity contribution in [3.8, 4) is 0 Å². The molecule has 1 aliphatic heterocycles. The smallest absolute Gasteiger partial charge is 0.243 e. The first-order chi connectivity index (χ1) is 6.13. The Morgan fingerprint density at radius 3 is 2.85 bits per heavy atom. The van der Waals surface area contributed by atoms with Gasteiger partial charge in [-0.1, -0.05) is 6.58 Å². The fourth-order valence-corrected chi connectivity index (χ4v) is 1.70. The van der Waals surface area contributed by atoms with Crippen LogP contribution in [0.25, 0.3) is 0 Å². The molecule has 1 amide bonds. The minimum Gasteiger partial charge on any atom is -0.375 e. The van der Waals surface area contributed by atoms with E-state index in [0.29, 0.717) is 18.6 Å². The molecule has 1 N–H and O–H groups in total. The Hall–Kier alpha value is -0.830. The van der Waals surface area contributed by atoms with E-state index in [-0.39, 0.29) is 12.0 Å². The molecule has 1 saturated heterocycles. The Bertz CT molecular complexity index is 203. The van der Waals surface area contributed by atoms with Crippen LogP contribution in [-0.4, -0.2) is 24.7 Å². The number of hydrogen-bond acceptors (Lipinski definition) is 2. The Morgan fingerprint density at radius 1 is 1.69 bits per heavy atom. The Kier molecular flexibility index (Phi) is 3.48. The predicted molar refractivity (Wildman–Crippen MR) is 51.3 cm³/mol. The summed E-state index contributed by atoms with van der Waals surface area (Å²) in [4.78, 5) is 10.9. The molecular formula is C10H17NO2. The molecule has 0 radical (unpaired) electrons. The van der Waals surface area contributed by atoms with Gasteiger partial charge in [-0.15, -0.1) is 0 Å². The van der Waals surface area contributed by atoms with Gasteiger partial charge in [0.25, 0.3) is 0 Å². The molecule has 3 atom stereocenters. The minimum atomic E-state index is -0.105. The first-order valence-corrected chi connectivity index (χ1v) is 4.69. The summed E-state index contributed by atoms with van der Waals surface area (Å²) in [6.07, 6.45) is 2.89. The second kappa shape index (κ2) is 4.42. The van der Waals surface area contributed by atoms with Crippen molar-refractivity contribution in [3.63, 3.8) is 0 Å². The van der Waals surface area contributed by atoms with Crippen molar-refractivity contribution in [3.05, 3.63) is 12.7 Å². The van der Waals surface area contributed by atoms with Crippen LogP contribution in [0, 0.1) is 5.92 Å². The largest absolute Gasteiger partial charge is 0.375 e. The van der Waals surface area contributed by atoms with Gasteiger partial charge in [0.05, 0.1) is 12.2 Å². The van der Waals surface area contributed by atoms with Crippen molar-refractivity contribution in [1.82, 2.24) is 5.32 Å². The summed E-state index contributed by atoms with van der Waals surface area (Å²) in [6.45, 7) is 8.20. The minimum absolute atomic E-state index is 0.105. The Morgan fingerprint density at radius 2 is 2.38 bits per heavy atom. The fraction of sp³-hybridized carbons (Fsp3) is 0.700. The van der Waals surface area contributed by atoms with Crippen molar-refractivity contribution in [2.24, 2.45) is 5.92 Å². The maximum absolute atomic E-state index is 10.9. The van der Waals surface area contributed by atoms with Crippen molar-refractivity contribution in [1.29, 1.82) is 0 Å². The van der Waals surface area contributed by atoms with E-state index in [1.165, 1.54) is 6.08 Å². The second-order valence-electron chi connectivity index (χ2n) is 3.60. The van der Waals surface area contributed by atoms with Crippen LogP contribution in [0.1, 0.15) is 20.3 Å². The number of amides is 1. The summed E-state index contributed by atoms with van der Waals surface area (Å²) >= 11 is 0. The maximum Gasteiger partial charge on any atom is 0.243 e. The van der Waals surface area contributed by atoms with E-state index >= 15 is 0 Å². The summed E-state index contributed by atoms with van der Waals surface area (Å²) in [5.41, 5.74) is 0. The van der Waals surface area contributed by atoms with Crippen LogP contribution in [0.15, 0.2) is 12.7 Å². The summed E-state index contributed by atoms with van der Waals surface area (Å²) in [7, 11) is 0. The normalized spacial score (nSPS) is 32.9. The average Bonchev–Trinajstić information content (AvgIpc) is 2.41. The molecule has 0 aromatic carbocycles. The number of nitrogens with one attached hydrogen (secondary N) is 1. The molecule has 1 heterocycles. The van der Waals surface area contributed by atoms with E-state index in [9.17, 15) is 4.79 Å². The van der Waals surface area contributed by atoms with Gasteiger partial charge in [-0.2, -0.15) is 0 Å². The highest BCUT2D eigenvalue weighted by Gasteiger charge is 2.29. The first-order valence-electron chi connectivity index (χ1n) is 4.69. The lowest BCUT2D eigenvalue weighted by atomic mass is 10.0.